The number of hydrogen-bond donors (Lipinski definition) is 3. The number of aliphatic hydroxyl groups is 1. The fourth-order valence-electron chi connectivity index (χ4n) is 1.67. The van der Waals surface area contributed by atoms with Gasteiger partial charge >= 0.3 is 6.03 Å². The van der Waals surface area contributed by atoms with Crippen molar-refractivity contribution in [1.82, 2.24) is 10.6 Å². The van der Waals surface area contributed by atoms with E-state index in [-0.39, 0.29) is 18.7 Å². The second kappa shape index (κ2) is 8.53. The van der Waals surface area contributed by atoms with Crippen LogP contribution in [0.5, 0.6) is 0 Å². The molecule has 1 aromatic carbocycles. The number of hydrogen-bond acceptors (Lipinski definition) is 2. The van der Waals surface area contributed by atoms with Gasteiger partial charge in [0, 0.05) is 6.54 Å². The third-order valence-corrected chi connectivity index (χ3v) is 2.70. The summed E-state index contributed by atoms with van der Waals surface area (Å²) in [6.07, 6.45) is 2.65. The average Bonchev–Trinajstić information content (AvgIpc) is 2.39. The highest BCUT2D eigenvalue weighted by atomic mass is 16.3. The van der Waals surface area contributed by atoms with Gasteiger partial charge in [-0.15, -0.1) is 0 Å². The molecule has 1 rings (SSSR count). The number of urea groups is 1. The normalized spacial score (nSPS) is 11.9. The molecule has 0 aliphatic rings. The summed E-state index contributed by atoms with van der Waals surface area (Å²) in [6.45, 7) is 2.69. The Morgan fingerprint density at radius 1 is 1.33 bits per heavy atom. The van der Waals surface area contributed by atoms with Crippen LogP contribution in [0, 0.1) is 0 Å². The van der Waals surface area contributed by atoms with Crippen molar-refractivity contribution in [3.05, 3.63) is 35.9 Å². The molecule has 18 heavy (non-hydrogen) atoms. The number of nitrogens with one attached hydrogen (secondary N) is 2. The standard InChI is InChI=1S/C14H22N2O2/c1-2-3-9-15-14(18)16-13(11-17)10-12-7-5-4-6-8-12/h4-8,13,17H,2-3,9-11H2,1H3,(H2,15,16,18). The Morgan fingerprint density at radius 2 is 2.06 bits per heavy atom. The van der Waals surface area contributed by atoms with E-state index in [1.54, 1.807) is 0 Å². The lowest BCUT2D eigenvalue weighted by atomic mass is 10.1. The van der Waals surface area contributed by atoms with E-state index in [4.69, 9.17) is 0 Å². The Kier molecular flexibility index (Phi) is 6.87. The van der Waals surface area contributed by atoms with Crippen molar-refractivity contribution in [1.29, 1.82) is 0 Å². The highest BCUT2D eigenvalue weighted by Crippen LogP contribution is 2.02. The van der Waals surface area contributed by atoms with Crippen molar-refractivity contribution in [3.63, 3.8) is 0 Å². The molecule has 0 radical (unpaired) electrons. The quantitative estimate of drug-likeness (QED) is 0.645. The molecule has 4 nitrogen and oxygen atoms in total. The first kappa shape index (κ1) is 14.5. The van der Waals surface area contributed by atoms with Gasteiger partial charge in [-0.25, -0.2) is 4.79 Å². The first-order valence-corrected chi connectivity index (χ1v) is 6.45. The maximum atomic E-state index is 11.5. The second-order valence-electron chi connectivity index (χ2n) is 4.32. The summed E-state index contributed by atoms with van der Waals surface area (Å²) in [6, 6.07) is 9.37. The fraction of sp³-hybridized carbons (Fsp3) is 0.500. The molecule has 100 valence electrons. The van der Waals surface area contributed by atoms with E-state index in [1.807, 2.05) is 30.3 Å². The van der Waals surface area contributed by atoms with E-state index >= 15 is 0 Å². The van der Waals surface area contributed by atoms with Gasteiger partial charge in [-0.1, -0.05) is 43.7 Å². The molecule has 3 N–H and O–H groups in total. The molecule has 1 atom stereocenters. The van der Waals surface area contributed by atoms with E-state index < -0.39 is 0 Å². The number of benzene rings is 1. The van der Waals surface area contributed by atoms with Crippen LogP contribution >= 0.6 is 0 Å². The molecule has 0 aliphatic heterocycles. The summed E-state index contributed by atoms with van der Waals surface area (Å²) >= 11 is 0. The van der Waals surface area contributed by atoms with Gasteiger partial charge in [-0.3, -0.25) is 0 Å². The molecular formula is C14H22N2O2. The number of carbonyl (C=O) groups excluding carboxylic acids is 1. The Labute approximate surface area is 108 Å². The summed E-state index contributed by atoms with van der Waals surface area (Å²) in [5.74, 6) is 0. The largest absolute Gasteiger partial charge is 0.394 e. The first-order chi connectivity index (χ1) is 8.76. The number of rotatable bonds is 7. The van der Waals surface area contributed by atoms with Gasteiger partial charge in [0.25, 0.3) is 0 Å². The van der Waals surface area contributed by atoms with Crippen LogP contribution in [0.2, 0.25) is 0 Å². The van der Waals surface area contributed by atoms with Crippen molar-refractivity contribution in [2.75, 3.05) is 13.2 Å². The maximum absolute atomic E-state index is 11.5. The topological polar surface area (TPSA) is 61.4 Å². The van der Waals surface area contributed by atoms with Crippen LogP contribution in [0.3, 0.4) is 0 Å². The van der Waals surface area contributed by atoms with Gasteiger partial charge in [-0.05, 0) is 18.4 Å². The first-order valence-electron chi connectivity index (χ1n) is 6.45. The number of amides is 2. The molecule has 0 saturated heterocycles. The van der Waals surface area contributed by atoms with Crippen molar-refractivity contribution < 1.29 is 9.90 Å². The molecule has 0 fully saturated rings. The van der Waals surface area contributed by atoms with Crippen molar-refractivity contribution in [2.24, 2.45) is 0 Å². The smallest absolute Gasteiger partial charge is 0.315 e. The monoisotopic (exact) mass is 250 g/mol. The van der Waals surface area contributed by atoms with Crippen LogP contribution in [0.25, 0.3) is 0 Å². The predicted molar refractivity (Wildman–Crippen MR) is 72.5 cm³/mol. The van der Waals surface area contributed by atoms with Crippen molar-refractivity contribution >= 4 is 6.03 Å². The highest BCUT2D eigenvalue weighted by molar-refractivity contribution is 5.74. The van der Waals surface area contributed by atoms with Gasteiger partial charge in [0.2, 0.25) is 0 Å². The van der Waals surface area contributed by atoms with E-state index in [2.05, 4.69) is 17.6 Å². The van der Waals surface area contributed by atoms with Crippen LogP contribution in [-0.4, -0.2) is 30.3 Å². The minimum atomic E-state index is -0.242. The number of unbranched alkanes of at least 4 members (excludes halogenated alkanes) is 1. The van der Waals surface area contributed by atoms with Gasteiger partial charge < -0.3 is 15.7 Å². The molecule has 0 spiro atoms. The lowest BCUT2D eigenvalue weighted by Crippen LogP contribution is -2.45. The van der Waals surface area contributed by atoms with E-state index in [0.717, 1.165) is 18.4 Å². The molecule has 0 saturated carbocycles. The summed E-state index contributed by atoms with van der Waals surface area (Å²) in [5, 5.41) is 14.8. The third-order valence-electron chi connectivity index (χ3n) is 2.70. The van der Waals surface area contributed by atoms with Crippen molar-refractivity contribution in [2.45, 2.75) is 32.2 Å². The lowest BCUT2D eigenvalue weighted by molar-refractivity contribution is 0.216. The Morgan fingerprint density at radius 3 is 2.67 bits per heavy atom. The molecule has 2 amide bonds. The molecule has 1 aromatic rings. The van der Waals surface area contributed by atoms with Gasteiger partial charge in [0.05, 0.1) is 12.6 Å². The van der Waals surface area contributed by atoms with Crippen LogP contribution in [0.4, 0.5) is 4.79 Å². The van der Waals surface area contributed by atoms with E-state index in [1.165, 1.54) is 0 Å². The number of carbonyl (C=O) groups is 1. The molecule has 1 unspecified atom stereocenters. The molecular weight excluding hydrogens is 228 g/mol. The third kappa shape index (κ3) is 5.68. The van der Waals surface area contributed by atoms with E-state index in [0.29, 0.717) is 13.0 Å². The number of aliphatic hydroxyl groups excluding tert-OH is 1. The zero-order valence-corrected chi connectivity index (χ0v) is 10.9. The van der Waals surface area contributed by atoms with Gasteiger partial charge in [0.1, 0.15) is 0 Å². The van der Waals surface area contributed by atoms with Crippen LogP contribution in [-0.2, 0) is 6.42 Å². The minimum Gasteiger partial charge on any atom is -0.394 e. The van der Waals surface area contributed by atoms with Crippen molar-refractivity contribution in [3.8, 4) is 0 Å². The van der Waals surface area contributed by atoms with Crippen LogP contribution in [0.15, 0.2) is 30.3 Å². The fourth-order valence-corrected chi connectivity index (χ4v) is 1.67. The molecule has 0 aliphatic carbocycles. The van der Waals surface area contributed by atoms with Gasteiger partial charge in [-0.2, -0.15) is 0 Å². The summed E-state index contributed by atoms with van der Waals surface area (Å²) in [7, 11) is 0. The average molecular weight is 250 g/mol. The Hall–Kier alpha value is -1.55. The van der Waals surface area contributed by atoms with Gasteiger partial charge in [0.15, 0.2) is 0 Å². The molecule has 0 aromatic heterocycles. The zero-order chi connectivity index (χ0) is 13.2. The van der Waals surface area contributed by atoms with E-state index in [9.17, 15) is 9.90 Å². The molecule has 4 heteroatoms. The lowest BCUT2D eigenvalue weighted by Gasteiger charge is -2.16. The second-order valence-corrected chi connectivity index (χ2v) is 4.32. The Balaban J connectivity index is 2.35. The SMILES string of the molecule is CCCCNC(=O)NC(CO)Cc1ccccc1. The zero-order valence-electron chi connectivity index (χ0n) is 10.9. The molecule has 0 heterocycles. The summed E-state index contributed by atoms with van der Waals surface area (Å²) < 4.78 is 0. The summed E-state index contributed by atoms with van der Waals surface area (Å²) in [5.41, 5.74) is 1.10. The maximum Gasteiger partial charge on any atom is 0.315 e. The molecule has 0 bridgehead atoms. The van der Waals surface area contributed by atoms with Crippen LogP contribution in [0.1, 0.15) is 25.3 Å². The Bertz CT molecular complexity index is 341. The predicted octanol–water partition coefficient (Wildman–Crippen LogP) is 1.69. The summed E-state index contributed by atoms with van der Waals surface area (Å²) in [4.78, 5) is 11.5. The minimum absolute atomic E-state index is 0.0594. The highest BCUT2D eigenvalue weighted by Gasteiger charge is 2.11. The van der Waals surface area contributed by atoms with Crippen LogP contribution < -0.4 is 10.6 Å².